The highest BCUT2D eigenvalue weighted by Gasteiger charge is 2.26. The van der Waals surface area contributed by atoms with Gasteiger partial charge in [-0.3, -0.25) is 9.59 Å². The summed E-state index contributed by atoms with van der Waals surface area (Å²) in [7, 11) is 3.07. The molecule has 202 valence electrons. The summed E-state index contributed by atoms with van der Waals surface area (Å²) in [6, 6.07) is 10.8. The highest BCUT2D eigenvalue weighted by atomic mass is 16.5. The molecule has 5 rings (SSSR count). The molecule has 4 aromatic rings. The minimum Gasteiger partial charge on any atom is -0.481 e. The third kappa shape index (κ3) is 5.82. The molecule has 1 aliphatic rings. The van der Waals surface area contributed by atoms with E-state index in [1.54, 1.807) is 18.3 Å². The van der Waals surface area contributed by atoms with Gasteiger partial charge in [-0.25, -0.2) is 4.98 Å². The second-order valence-corrected chi connectivity index (χ2v) is 9.61. The number of nitrogens with zero attached hydrogens (tertiary/aromatic N) is 4. The summed E-state index contributed by atoms with van der Waals surface area (Å²) >= 11 is 0. The van der Waals surface area contributed by atoms with Crippen molar-refractivity contribution in [1.82, 2.24) is 19.9 Å². The number of methoxy groups -OCH3 is 2. The van der Waals surface area contributed by atoms with Gasteiger partial charge in [-0.15, -0.1) is 0 Å². The molecule has 0 radical (unpaired) electrons. The molecule has 1 saturated carbocycles. The minimum atomic E-state index is -0.548. The van der Waals surface area contributed by atoms with Gasteiger partial charge in [-0.1, -0.05) is 19.3 Å². The van der Waals surface area contributed by atoms with Crippen molar-refractivity contribution in [3.63, 3.8) is 0 Å². The second kappa shape index (κ2) is 11.5. The first-order valence-electron chi connectivity index (χ1n) is 13.0. The Bertz CT molecular complexity index is 1490. The topological polar surface area (TPSA) is 140 Å². The molecule has 1 atom stereocenters. The lowest BCUT2D eigenvalue weighted by molar-refractivity contribution is 0.328. The van der Waals surface area contributed by atoms with E-state index in [1.165, 1.54) is 33.5 Å². The molecule has 11 nitrogen and oxygen atoms in total. The number of rotatable bonds is 10. The molecule has 0 unspecified atom stereocenters. The van der Waals surface area contributed by atoms with Gasteiger partial charge >= 0.3 is 0 Å². The molecule has 0 bridgehead atoms. The molecule has 0 saturated heterocycles. The predicted octanol–water partition coefficient (Wildman–Crippen LogP) is 4.41. The van der Waals surface area contributed by atoms with Gasteiger partial charge in [0.2, 0.25) is 17.7 Å². The van der Waals surface area contributed by atoms with Crippen molar-refractivity contribution in [2.45, 2.75) is 45.1 Å². The highest BCUT2D eigenvalue weighted by molar-refractivity contribution is 5.78. The fourth-order valence-corrected chi connectivity index (χ4v) is 4.82. The predicted molar refractivity (Wildman–Crippen MR) is 150 cm³/mol. The monoisotopic (exact) mass is 529 g/mol. The van der Waals surface area contributed by atoms with Gasteiger partial charge < -0.3 is 25.4 Å². The van der Waals surface area contributed by atoms with E-state index in [1.807, 2.05) is 24.3 Å². The average molecular weight is 530 g/mol. The van der Waals surface area contributed by atoms with Crippen molar-refractivity contribution in [1.29, 1.82) is 0 Å². The van der Waals surface area contributed by atoms with E-state index in [0.29, 0.717) is 41.0 Å². The lowest BCUT2D eigenvalue weighted by atomic mass is 9.84. The third-order valence-corrected chi connectivity index (χ3v) is 7.04. The maximum Gasteiger partial charge on any atom is 0.253 e. The zero-order chi connectivity index (χ0) is 27.4. The van der Waals surface area contributed by atoms with E-state index < -0.39 is 10.9 Å². The van der Waals surface area contributed by atoms with Gasteiger partial charge in [0.1, 0.15) is 17.2 Å². The number of hydrogen-bond acceptors (Lipinski definition) is 11. The van der Waals surface area contributed by atoms with Crippen LogP contribution in [0.15, 0.2) is 52.2 Å². The smallest absolute Gasteiger partial charge is 0.253 e. The zero-order valence-electron chi connectivity index (χ0n) is 22.2. The van der Waals surface area contributed by atoms with Crippen molar-refractivity contribution in [2.24, 2.45) is 5.92 Å². The Balaban J connectivity index is 1.27. The fourth-order valence-electron chi connectivity index (χ4n) is 4.82. The minimum absolute atomic E-state index is 0.114. The van der Waals surface area contributed by atoms with Crippen LogP contribution >= 0.6 is 0 Å². The third-order valence-electron chi connectivity index (χ3n) is 7.04. The largest absolute Gasteiger partial charge is 0.481 e. The molecule has 3 N–H and O–H groups in total. The van der Waals surface area contributed by atoms with Crippen LogP contribution in [0.1, 0.15) is 39.0 Å². The number of aromatic nitrogens is 4. The SMILES string of the molecule is COc1cc(OC)nc(-c2ccc(Nc3nccc(Nc4c(N[C@H](C)C5CCCCC5)c(=O)c4=O)n3)cc2)n1. The Kier molecular flexibility index (Phi) is 7.67. The molecule has 2 heterocycles. The normalized spacial score (nSPS) is 14.5. The van der Waals surface area contributed by atoms with Gasteiger partial charge in [0.15, 0.2) is 5.82 Å². The van der Waals surface area contributed by atoms with E-state index in [0.717, 1.165) is 24.1 Å². The first kappa shape index (κ1) is 26.1. The first-order chi connectivity index (χ1) is 18.9. The lowest BCUT2D eigenvalue weighted by Gasteiger charge is -2.29. The molecule has 1 fully saturated rings. The van der Waals surface area contributed by atoms with E-state index in [9.17, 15) is 9.59 Å². The van der Waals surface area contributed by atoms with Crippen LogP contribution in [-0.2, 0) is 0 Å². The van der Waals surface area contributed by atoms with Crippen LogP contribution in [0.25, 0.3) is 11.4 Å². The number of hydrogen-bond donors (Lipinski definition) is 3. The molecule has 0 spiro atoms. The van der Waals surface area contributed by atoms with Gasteiger partial charge in [-0.05, 0) is 56.0 Å². The summed E-state index contributed by atoms with van der Waals surface area (Å²) in [5.41, 5.74) is 1.04. The summed E-state index contributed by atoms with van der Waals surface area (Å²) in [6.07, 6.45) is 7.51. The molecule has 2 aromatic heterocycles. The van der Waals surface area contributed by atoms with Crippen LogP contribution < -0.4 is 36.3 Å². The van der Waals surface area contributed by atoms with Crippen LogP contribution in [0.4, 0.5) is 28.8 Å². The van der Waals surface area contributed by atoms with Crippen molar-refractivity contribution in [3.05, 3.63) is 63.0 Å². The highest BCUT2D eigenvalue weighted by Crippen LogP contribution is 2.30. The zero-order valence-corrected chi connectivity index (χ0v) is 22.2. The van der Waals surface area contributed by atoms with E-state index in [-0.39, 0.29) is 11.7 Å². The second-order valence-electron chi connectivity index (χ2n) is 9.61. The Morgan fingerprint density at radius 1 is 0.846 bits per heavy atom. The maximum atomic E-state index is 12.3. The van der Waals surface area contributed by atoms with Crippen LogP contribution in [-0.4, -0.2) is 40.2 Å². The van der Waals surface area contributed by atoms with Crippen molar-refractivity contribution < 1.29 is 9.47 Å². The molecule has 11 heteroatoms. The molecule has 0 amide bonds. The Hall–Kier alpha value is -4.54. The van der Waals surface area contributed by atoms with E-state index in [4.69, 9.17) is 9.47 Å². The molecule has 0 aliphatic heterocycles. The molecule has 2 aromatic carbocycles. The number of anilines is 5. The molecular formula is C28H31N7O4. The van der Waals surface area contributed by atoms with Gasteiger partial charge in [0.05, 0.1) is 20.3 Å². The van der Waals surface area contributed by atoms with Crippen LogP contribution in [0.3, 0.4) is 0 Å². The number of nitrogens with one attached hydrogen (secondary N) is 3. The van der Waals surface area contributed by atoms with Gasteiger partial charge in [0.25, 0.3) is 10.9 Å². The van der Waals surface area contributed by atoms with Crippen molar-refractivity contribution in [2.75, 3.05) is 30.2 Å². The van der Waals surface area contributed by atoms with E-state index >= 15 is 0 Å². The first-order valence-corrected chi connectivity index (χ1v) is 13.0. The Morgan fingerprint density at radius 3 is 2.18 bits per heavy atom. The molecule has 39 heavy (non-hydrogen) atoms. The summed E-state index contributed by atoms with van der Waals surface area (Å²) in [6.45, 7) is 2.07. The van der Waals surface area contributed by atoms with Crippen LogP contribution in [0.5, 0.6) is 11.8 Å². The van der Waals surface area contributed by atoms with Crippen molar-refractivity contribution in [3.8, 4) is 23.1 Å². The maximum absolute atomic E-state index is 12.3. The summed E-state index contributed by atoms with van der Waals surface area (Å²) in [4.78, 5) is 42.1. The summed E-state index contributed by atoms with van der Waals surface area (Å²) in [5, 5.41) is 9.44. The summed E-state index contributed by atoms with van der Waals surface area (Å²) < 4.78 is 10.5. The number of benzene rings is 1. The van der Waals surface area contributed by atoms with Crippen LogP contribution in [0.2, 0.25) is 0 Å². The quantitative estimate of drug-likeness (QED) is 0.252. The molecule has 1 aliphatic carbocycles. The van der Waals surface area contributed by atoms with Gasteiger partial charge in [-0.2, -0.15) is 15.0 Å². The standard InChI is InChI=1S/C28H31N7O4/c1-16(17-7-5-4-6-8-17)30-23-24(26(37)25(23)36)32-20-13-14-29-28(33-20)31-19-11-9-18(10-12-19)27-34-21(38-2)15-22(35-27)39-3/h9-17,30H,4-8H2,1-3H3,(H2,29,31,32,33)/t16-/m1/s1. The fraction of sp³-hybridized carbons (Fsp3) is 0.357. The van der Waals surface area contributed by atoms with Crippen LogP contribution in [0, 0.1) is 5.92 Å². The average Bonchev–Trinajstić information content (AvgIpc) is 2.99. The van der Waals surface area contributed by atoms with Crippen molar-refractivity contribution >= 4 is 28.8 Å². The lowest BCUT2D eigenvalue weighted by Crippen LogP contribution is -2.40. The van der Waals surface area contributed by atoms with Gasteiger partial charge in [0, 0.05) is 23.5 Å². The Morgan fingerprint density at radius 2 is 1.51 bits per heavy atom. The van der Waals surface area contributed by atoms with E-state index in [2.05, 4.69) is 42.8 Å². The summed E-state index contributed by atoms with van der Waals surface area (Å²) in [5.74, 6) is 2.50. The number of ether oxygens (including phenoxy) is 2. The Labute approximate surface area is 225 Å². The molecular weight excluding hydrogens is 498 g/mol.